The molecule has 0 aliphatic carbocycles. The molecule has 3 aromatic carbocycles. The first kappa shape index (κ1) is 20.4. The number of nitro groups is 1. The number of hydrogen-bond donors (Lipinski definition) is 0. The Kier molecular flexibility index (Phi) is 5.86. The summed E-state index contributed by atoms with van der Waals surface area (Å²) >= 11 is 0. The van der Waals surface area contributed by atoms with Crippen LogP contribution in [0.25, 0.3) is 0 Å². The zero-order valence-corrected chi connectivity index (χ0v) is 16.4. The Balaban J connectivity index is 1.51. The van der Waals surface area contributed by atoms with Gasteiger partial charge in [0, 0.05) is 18.6 Å². The van der Waals surface area contributed by atoms with Crippen LogP contribution in [0.2, 0.25) is 0 Å². The smallest absolute Gasteiger partial charge is 0.344 e. The maximum absolute atomic E-state index is 12.9. The standard InChI is InChI=1S/C24H19NO6/c26-20-15-21(16-11-13-19(14-12-16)25(28)29)30-23(20)24(27)31-22(17-7-3-1-4-8-17)18-9-5-2-6-10-18/h1-14,21-23H,15H2/t21-,23?/m0/s1. The van der Waals surface area contributed by atoms with Crippen LogP contribution < -0.4 is 0 Å². The number of hydrogen-bond acceptors (Lipinski definition) is 6. The van der Waals surface area contributed by atoms with Crippen molar-refractivity contribution in [3.05, 3.63) is 112 Å². The van der Waals surface area contributed by atoms with Crippen molar-refractivity contribution in [2.24, 2.45) is 0 Å². The van der Waals surface area contributed by atoms with Gasteiger partial charge in [0.05, 0.1) is 11.0 Å². The summed E-state index contributed by atoms with van der Waals surface area (Å²) in [5.74, 6) is -1.14. The summed E-state index contributed by atoms with van der Waals surface area (Å²) in [6.07, 6.45) is -2.67. The number of nitrogens with zero attached hydrogens (tertiary/aromatic N) is 1. The molecule has 31 heavy (non-hydrogen) atoms. The molecule has 1 saturated heterocycles. The zero-order chi connectivity index (χ0) is 21.8. The molecule has 0 aromatic heterocycles. The molecule has 0 radical (unpaired) electrons. The minimum atomic E-state index is -1.34. The quantitative estimate of drug-likeness (QED) is 0.256. The van der Waals surface area contributed by atoms with Gasteiger partial charge in [0.25, 0.3) is 5.69 Å². The van der Waals surface area contributed by atoms with Crippen molar-refractivity contribution >= 4 is 17.4 Å². The molecule has 4 rings (SSSR count). The van der Waals surface area contributed by atoms with Gasteiger partial charge in [0.1, 0.15) is 0 Å². The molecule has 0 spiro atoms. The van der Waals surface area contributed by atoms with Crippen molar-refractivity contribution in [1.82, 2.24) is 0 Å². The topological polar surface area (TPSA) is 95.7 Å². The lowest BCUT2D eigenvalue weighted by atomic mass is 10.0. The predicted octanol–water partition coefficient (Wildman–Crippen LogP) is 4.33. The Bertz CT molecular complexity index is 1040. The first-order valence-corrected chi connectivity index (χ1v) is 9.76. The fourth-order valence-corrected chi connectivity index (χ4v) is 3.53. The van der Waals surface area contributed by atoms with Crippen LogP contribution in [0.15, 0.2) is 84.9 Å². The molecule has 0 bridgehead atoms. The summed E-state index contributed by atoms with van der Waals surface area (Å²) in [6, 6.07) is 24.3. The highest BCUT2D eigenvalue weighted by molar-refractivity contribution is 6.03. The van der Waals surface area contributed by atoms with Gasteiger partial charge in [-0.25, -0.2) is 4.79 Å². The van der Waals surface area contributed by atoms with E-state index >= 15 is 0 Å². The fraction of sp³-hybridized carbons (Fsp3) is 0.167. The summed E-state index contributed by atoms with van der Waals surface area (Å²) in [7, 11) is 0. The Labute approximate surface area is 178 Å². The second kappa shape index (κ2) is 8.89. The van der Waals surface area contributed by atoms with Crippen LogP contribution in [0.5, 0.6) is 0 Å². The van der Waals surface area contributed by atoms with Gasteiger partial charge in [-0.05, 0) is 28.8 Å². The molecule has 1 fully saturated rings. The molecule has 1 aliphatic rings. The Morgan fingerprint density at radius 3 is 2.00 bits per heavy atom. The SMILES string of the molecule is O=C1C[C@@H](c2ccc([N+](=O)[O-])cc2)OC1C(=O)OC(c1ccccc1)c1ccccc1. The van der Waals surface area contributed by atoms with Crippen LogP contribution in [0, 0.1) is 10.1 Å². The zero-order valence-electron chi connectivity index (χ0n) is 16.4. The molecular formula is C24H19NO6. The first-order chi connectivity index (χ1) is 15.0. The third-order valence-corrected chi connectivity index (χ3v) is 5.11. The third kappa shape index (κ3) is 4.51. The van der Waals surface area contributed by atoms with E-state index in [0.717, 1.165) is 11.1 Å². The molecule has 0 amide bonds. The number of Topliss-reactive ketones (excluding diaryl/α,β-unsaturated/α-hetero) is 1. The number of ketones is 1. The highest BCUT2D eigenvalue weighted by Crippen LogP contribution is 2.34. The van der Waals surface area contributed by atoms with Crippen molar-refractivity contribution in [1.29, 1.82) is 0 Å². The lowest BCUT2D eigenvalue weighted by Gasteiger charge is -2.21. The lowest BCUT2D eigenvalue weighted by Crippen LogP contribution is -2.30. The van der Waals surface area contributed by atoms with Crippen LogP contribution in [0.1, 0.15) is 35.3 Å². The van der Waals surface area contributed by atoms with Crippen LogP contribution in [0.3, 0.4) is 0 Å². The maximum Gasteiger partial charge on any atom is 0.344 e. The second-order valence-corrected chi connectivity index (χ2v) is 7.16. The molecule has 0 N–H and O–H groups in total. The molecule has 1 aliphatic heterocycles. The summed E-state index contributed by atoms with van der Waals surface area (Å²) in [6.45, 7) is 0. The summed E-state index contributed by atoms with van der Waals surface area (Å²) in [5, 5.41) is 10.8. The van der Waals surface area contributed by atoms with Gasteiger partial charge < -0.3 is 9.47 Å². The number of benzene rings is 3. The largest absolute Gasteiger partial charge is 0.450 e. The van der Waals surface area contributed by atoms with Crippen molar-refractivity contribution < 1.29 is 24.0 Å². The highest BCUT2D eigenvalue weighted by Gasteiger charge is 2.41. The Hall–Kier alpha value is -3.84. The van der Waals surface area contributed by atoms with Gasteiger partial charge in [0.15, 0.2) is 11.9 Å². The number of carbonyl (C=O) groups is 2. The van der Waals surface area contributed by atoms with Crippen LogP contribution in [-0.4, -0.2) is 22.8 Å². The Morgan fingerprint density at radius 1 is 0.935 bits per heavy atom. The van der Waals surface area contributed by atoms with E-state index in [0.29, 0.717) is 5.56 Å². The molecule has 0 saturated carbocycles. The van der Waals surface area contributed by atoms with Gasteiger partial charge in [-0.2, -0.15) is 0 Å². The molecular weight excluding hydrogens is 398 g/mol. The van der Waals surface area contributed by atoms with Crippen molar-refractivity contribution in [2.75, 3.05) is 0 Å². The second-order valence-electron chi connectivity index (χ2n) is 7.16. The average molecular weight is 417 g/mol. The van der Waals surface area contributed by atoms with Gasteiger partial charge in [-0.15, -0.1) is 0 Å². The molecule has 2 atom stereocenters. The van der Waals surface area contributed by atoms with Crippen molar-refractivity contribution in [3.8, 4) is 0 Å². The van der Waals surface area contributed by atoms with Crippen LogP contribution >= 0.6 is 0 Å². The third-order valence-electron chi connectivity index (χ3n) is 5.11. The molecule has 1 heterocycles. The summed E-state index contributed by atoms with van der Waals surface area (Å²) in [5.41, 5.74) is 2.09. The average Bonchev–Trinajstić information content (AvgIpc) is 3.20. The number of nitro benzene ring substituents is 1. The molecule has 7 heteroatoms. The monoisotopic (exact) mass is 417 g/mol. The molecule has 156 valence electrons. The summed E-state index contributed by atoms with van der Waals surface area (Å²) < 4.78 is 11.4. The maximum atomic E-state index is 12.9. The van der Waals surface area contributed by atoms with Crippen molar-refractivity contribution in [2.45, 2.75) is 24.7 Å². The van der Waals surface area contributed by atoms with E-state index in [-0.39, 0.29) is 17.9 Å². The Morgan fingerprint density at radius 2 is 1.48 bits per heavy atom. The minimum Gasteiger partial charge on any atom is -0.450 e. The normalized spacial score (nSPS) is 18.2. The van der Waals surface area contributed by atoms with Gasteiger partial charge in [0.2, 0.25) is 6.10 Å². The number of non-ortho nitro benzene ring substituents is 1. The van der Waals surface area contributed by atoms with Crippen molar-refractivity contribution in [3.63, 3.8) is 0 Å². The van der Waals surface area contributed by atoms with Crippen LogP contribution in [-0.2, 0) is 19.1 Å². The van der Waals surface area contributed by atoms with E-state index in [4.69, 9.17) is 9.47 Å². The van der Waals surface area contributed by atoms with E-state index < -0.39 is 29.2 Å². The number of esters is 1. The molecule has 3 aromatic rings. The number of carbonyl (C=O) groups excluding carboxylic acids is 2. The van der Waals surface area contributed by atoms with E-state index in [1.807, 2.05) is 60.7 Å². The van der Waals surface area contributed by atoms with Gasteiger partial charge in [-0.3, -0.25) is 14.9 Å². The fourth-order valence-electron chi connectivity index (χ4n) is 3.53. The highest BCUT2D eigenvalue weighted by atomic mass is 16.6. The number of ether oxygens (including phenoxy) is 2. The predicted molar refractivity (Wildman–Crippen MR) is 111 cm³/mol. The van der Waals surface area contributed by atoms with Crippen LogP contribution in [0.4, 0.5) is 5.69 Å². The summed E-state index contributed by atoms with van der Waals surface area (Å²) in [4.78, 5) is 35.7. The number of rotatable bonds is 6. The minimum absolute atomic E-state index is 0.00107. The first-order valence-electron chi connectivity index (χ1n) is 9.76. The van der Waals surface area contributed by atoms with E-state index in [9.17, 15) is 19.7 Å². The molecule has 7 nitrogen and oxygen atoms in total. The lowest BCUT2D eigenvalue weighted by molar-refractivity contribution is -0.384. The van der Waals surface area contributed by atoms with Gasteiger partial charge >= 0.3 is 5.97 Å². The van der Waals surface area contributed by atoms with Gasteiger partial charge in [-0.1, -0.05) is 60.7 Å². The van der Waals surface area contributed by atoms with E-state index in [2.05, 4.69) is 0 Å². The molecule has 1 unspecified atom stereocenters. The van der Waals surface area contributed by atoms with E-state index in [1.54, 1.807) is 0 Å². The van der Waals surface area contributed by atoms with E-state index in [1.165, 1.54) is 24.3 Å².